The van der Waals surface area contributed by atoms with E-state index in [0.717, 1.165) is 4.88 Å². The molecule has 7 nitrogen and oxygen atoms in total. The van der Waals surface area contributed by atoms with E-state index in [1.165, 1.54) is 30.2 Å². The van der Waals surface area contributed by atoms with E-state index in [-0.39, 0.29) is 11.7 Å². The molecule has 0 atom stereocenters. The molecule has 2 aromatic heterocycles. The first kappa shape index (κ1) is 17.3. The fraction of sp³-hybridized carbons (Fsp3) is 0.188. The van der Waals surface area contributed by atoms with E-state index in [1.54, 1.807) is 25.3 Å². The van der Waals surface area contributed by atoms with Crippen molar-refractivity contribution in [2.24, 2.45) is 0 Å². The second kappa shape index (κ2) is 8.04. The summed E-state index contributed by atoms with van der Waals surface area (Å²) in [7, 11) is 3.10. The molecule has 2 heterocycles. The molecule has 0 spiro atoms. The molecule has 0 bridgehead atoms. The van der Waals surface area contributed by atoms with Crippen LogP contribution in [-0.4, -0.2) is 36.1 Å². The largest absolute Gasteiger partial charge is 0.497 e. The third-order valence-corrected chi connectivity index (χ3v) is 4.82. The molecule has 0 aliphatic heterocycles. The Labute approximate surface area is 152 Å². The fourth-order valence-electron chi connectivity index (χ4n) is 1.98. The predicted octanol–water partition coefficient (Wildman–Crippen LogP) is 3.55. The summed E-state index contributed by atoms with van der Waals surface area (Å²) in [5.41, 5.74) is 0.568. The van der Waals surface area contributed by atoms with Crippen molar-refractivity contribution in [2.75, 3.05) is 25.3 Å². The highest BCUT2D eigenvalue weighted by Crippen LogP contribution is 2.30. The highest BCUT2D eigenvalue weighted by atomic mass is 32.2. The van der Waals surface area contributed by atoms with Gasteiger partial charge in [0, 0.05) is 6.07 Å². The molecule has 1 amide bonds. The van der Waals surface area contributed by atoms with Gasteiger partial charge >= 0.3 is 0 Å². The van der Waals surface area contributed by atoms with Gasteiger partial charge in [0.05, 0.1) is 30.5 Å². The summed E-state index contributed by atoms with van der Waals surface area (Å²) >= 11 is 2.69. The van der Waals surface area contributed by atoms with Gasteiger partial charge in [0.25, 0.3) is 11.1 Å². The number of nitrogens with one attached hydrogen (secondary N) is 1. The Bertz CT molecular complexity index is 849. The molecule has 0 radical (unpaired) electrons. The minimum absolute atomic E-state index is 0.140. The lowest BCUT2D eigenvalue weighted by Crippen LogP contribution is -2.14. The molecule has 0 aliphatic carbocycles. The average molecular weight is 377 g/mol. The van der Waals surface area contributed by atoms with E-state index >= 15 is 0 Å². The van der Waals surface area contributed by atoms with Crippen LogP contribution in [0.15, 0.2) is 45.4 Å². The number of anilines is 1. The van der Waals surface area contributed by atoms with Crippen LogP contribution >= 0.6 is 23.1 Å². The number of ether oxygens (including phenoxy) is 2. The van der Waals surface area contributed by atoms with Crippen LogP contribution in [0.2, 0.25) is 0 Å². The maximum atomic E-state index is 12.1. The second-order valence-corrected chi connectivity index (χ2v) is 6.63. The number of thioether (sulfide) groups is 1. The minimum atomic E-state index is -0.204. The number of amides is 1. The first-order valence-electron chi connectivity index (χ1n) is 7.21. The number of carbonyl (C=O) groups excluding carboxylic acids is 1. The molecule has 9 heteroatoms. The van der Waals surface area contributed by atoms with Gasteiger partial charge in [-0.05, 0) is 23.6 Å². The molecule has 0 unspecified atom stereocenters. The lowest BCUT2D eigenvalue weighted by atomic mass is 10.2. The molecule has 0 fully saturated rings. The Balaban J connectivity index is 1.58. The van der Waals surface area contributed by atoms with Crippen LogP contribution in [-0.2, 0) is 4.79 Å². The van der Waals surface area contributed by atoms with Crippen LogP contribution in [0.3, 0.4) is 0 Å². The summed E-state index contributed by atoms with van der Waals surface area (Å²) in [4.78, 5) is 13.0. The topological polar surface area (TPSA) is 86.5 Å². The number of methoxy groups -OCH3 is 2. The Morgan fingerprint density at radius 2 is 2.16 bits per heavy atom. The average Bonchev–Trinajstić information content (AvgIpc) is 3.31. The summed E-state index contributed by atoms with van der Waals surface area (Å²) < 4.78 is 15.9. The van der Waals surface area contributed by atoms with Crippen molar-refractivity contribution in [1.82, 2.24) is 10.2 Å². The second-order valence-electron chi connectivity index (χ2n) is 4.75. The Morgan fingerprint density at radius 1 is 1.28 bits per heavy atom. The monoisotopic (exact) mass is 377 g/mol. The number of nitrogens with zero attached hydrogens (tertiary/aromatic N) is 2. The maximum absolute atomic E-state index is 12.1. The number of benzene rings is 1. The van der Waals surface area contributed by atoms with Gasteiger partial charge in [-0.1, -0.05) is 17.8 Å². The number of hydrogen-bond acceptors (Lipinski definition) is 8. The Morgan fingerprint density at radius 3 is 2.88 bits per heavy atom. The fourth-order valence-corrected chi connectivity index (χ4v) is 3.19. The van der Waals surface area contributed by atoms with E-state index in [9.17, 15) is 4.79 Å². The van der Waals surface area contributed by atoms with Crippen LogP contribution in [0.25, 0.3) is 10.8 Å². The van der Waals surface area contributed by atoms with Crippen molar-refractivity contribution in [3.8, 4) is 22.3 Å². The van der Waals surface area contributed by atoms with Gasteiger partial charge in [0.1, 0.15) is 11.5 Å². The predicted molar refractivity (Wildman–Crippen MR) is 96.5 cm³/mol. The SMILES string of the molecule is COc1ccc(NC(=O)CSc2nnc(-c3cccs3)o2)c(OC)c1. The molecule has 25 heavy (non-hydrogen) atoms. The van der Waals surface area contributed by atoms with E-state index in [0.29, 0.717) is 28.3 Å². The van der Waals surface area contributed by atoms with Gasteiger partial charge in [0.15, 0.2) is 0 Å². The van der Waals surface area contributed by atoms with Crippen molar-refractivity contribution < 1.29 is 18.7 Å². The van der Waals surface area contributed by atoms with Crippen LogP contribution in [0.5, 0.6) is 11.5 Å². The number of thiophene rings is 1. The van der Waals surface area contributed by atoms with Crippen molar-refractivity contribution in [1.29, 1.82) is 0 Å². The summed E-state index contributed by atoms with van der Waals surface area (Å²) in [6.45, 7) is 0. The highest BCUT2D eigenvalue weighted by molar-refractivity contribution is 7.99. The maximum Gasteiger partial charge on any atom is 0.277 e. The molecular formula is C16H15N3O4S2. The van der Waals surface area contributed by atoms with Gasteiger partial charge in [0.2, 0.25) is 5.91 Å². The molecule has 3 aromatic rings. The van der Waals surface area contributed by atoms with Gasteiger partial charge < -0.3 is 19.2 Å². The smallest absolute Gasteiger partial charge is 0.277 e. The van der Waals surface area contributed by atoms with Crippen LogP contribution in [0, 0.1) is 0 Å². The highest BCUT2D eigenvalue weighted by Gasteiger charge is 2.13. The summed E-state index contributed by atoms with van der Waals surface area (Å²) in [6.07, 6.45) is 0. The van der Waals surface area contributed by atoms with Crippen molar-refractivity contribution in [2.45, 2.75) is 5.22 Å². The van der Waals surface area contributed by atoms with E-state index < -0.39 is 0 Å². The zero-order valence-electron chi connectivity index (χ0n) is 13.5. The number of carbonyl (C=O) groups is 1. The minimum Gasteiger partial charge on any atom is -0.497 e. The van der Waals surface area contributed by atoms with Gasteiger partial charge in [-0.25, -0.2) is 0 Å². The van der Waals surface area contributed by atoms with E-state index in [1.807, 2.05) is 17.5 Å². The molecule has 3 rings (SSSR count). The summed E-state index contributed by atoms with van der Waals surface area (Å²) in [6, 6.07) is 8.98. The summed E-state index contributed by atoms with van der Waals surface area (Å²) in [5.74, 6) is 1.56. The van der Waals surface area contributed by atoms with Crippen LogP contribution < -0.4 is 14.8 Å². The third-order valence-electron chi connectivity index (χ3n) is 3.15. The third kappa shape index (κ3) is 4.31. The van der Waals surface area contributed by atoms with Crippen LogP contribution in [0.4, 0.5) is 5.69 Å². The summed E-state index contributed by atoms with van der Waals surface area (Å²) in [5, 5.41) is 13.0. The zero-order valence-corrected chi connectivity index (χ0v) is 15.1. The molecular weight excluding hydrogens is 362 g/mol. The van der Waals surface area contributed by atoms with Gasteiger partial charge in [-0.15, -0.1) is 21.5 Å². The normalized spacial score (nSPS) is 10.5. The molecule has 0 aliphatic rings. The van der Waals surface area contributed by atoms with E-state index in [4.69, 9.17) is 13.9 Å². The van der Waals surface area contributed by atoms with Crippen molar-refractivity contribution in [3.05, 3.63) is 35.7 Å². The lowest BCUT2D eigenvalue weighted by Gasteiger charge is -2.11. The van der Waals surface area contributed by atoms with Crippen LogP contribution in [0.1, 0.15) is 0 Å². The number of hydrogen-bond donors (Lipinski definition) is 1. The van der Waals surface area contributed by atoms with Crippen molar-refractivity contribution >= 4 is 34.7 Å². The molecule has 1 aromatic carbocycles. The van der Waals surface area contributed by atoms with Crippen molar-refractivity contribution in [3.63, 3.8) is 0 Å². The zero-order chi connectivity index (χ0) is 17.6. The molecule has 0 saturated carbocycles. The number of rotatable bonds is 7. The Kier molecular flexibility index (Phi) is 5.56. The van der Waals surface area contributed by atoms with Gasteiger partial charge in [-0.3, -0.25) is 4.79 Å². The van der Waals surface area contributed by atoms with E-state index in [2.05, 4.69) is 15.5 Å². The molecule has 130 valence electrons. The Hall–Kier alpha value is -2.52. The molecule has 0 saturated heterocycles. The number of aromatic nitrogens is 2. The first-order chi connectivity index (χ1) is 12.2. The first-order valence-corrected chi connectivity index (χ1v) is 9.08. The quantitative estimate of drug-likeness (QED) is 0.630. The standard InChI is InChI=1S/C16H15N3O4S2/c1-21-10-5-6-11(12(8-10)22-2)17-14(20)9-25-16-19-18-15(23-16)13-4-3-7-24-13/h3-8H,9H2,1-2H3,(H,17,20). The lowest BCUT2D eigenvalue weighted by molar-refractivity contribution is -0.113. The van der Waals surface area contributed by atoms with Gasteiger partial charge in [-0.2, -0.15) is 0 Å². The molecule has 1 N–H and O–H groups in total.